The van der Waals surface area contributed by atoms with Crippen LogP contribution in [0.5, 0.6) is 5.75 Å². The highest BCUT2D eigenvalue weighted by atomic mass is 127. The molecule has 0 aliphatic carbocycles. The van der Waals surface area contributed by atoms with E-state index in [-0.39, 0.29) is 11.3 Å². The zero-order chi connectivity index (χ0) is 23.3. The molecule has 0 unspecified atom stereocenters. The summed E-state index contributed by atoms with van der Waals surface area (Å²) in [6.07, 6.45) is 1.63. The van der Waals surface area contributed by atoms with Gasteiger partial charge in [-0.05, 0) is 92.1 Å². The van der Waals surface area contributed by atoms with Gasteiger partial charge in [-0.3, -0.25) is 4.79 Å². The fraction of sp³-hybridized carbons (Fsp3) is 0.200. The summed E-state index contributed by atoms with van der Waals surface area (Å²) < 4.78 is 7.91. The summed E-state index contributed by atoms with van der Waals surface area (Å²) in [5.41, 5.74) is 6.19. The first kappa shape index (κ1) is 25.0. The van der Waals surface area contributed by atoms with E-state index in [0.717, 1.165) is 24.0 Å². The van der Waals surface area contributed by atoms with Crippen LogP contribution in [0, 0.1) is 7.14 Å². The molecule has 0 heterocycles. The minimum atomic E-state index is -0.245. The number of rotatable bonds is 6. The minimum Gasteiger partial charge on any atom is -0.487 e. The normalized spacial score (nSPS) is 11.6. The fourth-order valence-electron chi connectivity index (χ4n) is 2.91. The summed E-state index contributed by atoms with van der Waals surface area (Å²) >= 11 is 10.7. The Morgan fingerprint density at radius 2 is 1.69 bits per heavy atom. The molecular weight excluding hydrogens is 650 g/mol. The standard InChI is InChI=1S/C25H23ClI2N2O2/c1-25(2,3)19-10-8-17(9-11-19)24(31)30-29-14-16-12-21(27)23(22(28)13-16)32-15-18-6-4-5-7-20(18)26/h4-14H,15H2,1-3H3,(H,30,31)/b29-14-. The molecule has 3 aromatic carbocycles. The molecule has 0 saturated carbocycles. The number of nitrogens with one attached hydrogen (secondary N) is 1. The van der Waals surface area contributed by atoms with Crippen molar-refractivity contribution < 1.29 is 9.53 Å². The molecule has 0 aromatic heterocycles. The van der Waals surface area contributed by atoms with Gasteiger partial charge < -0.3 is 4.74 Å². The van der Waals surface area contributed by atoms with Gasteiger partial charge in [0.15, 0.2) is 0 Å². The second kappa shape index (κ2) is 11.0. The molecule has 0 saturated heterocycles. The van der Waals surface area contributed by atoms with Gasteiger partial charge in [-0.2, -0.15) is 5.10 Å². The number of hydrazone groups is 1. The number of hydrogen-bond donors (Lipinski definition) is 1. The Labute approximate surface area is 221 Å². The molecule has 1 N–H and O–H groups in total. The van der Waals surface area contributed by atoms with Crippen LogP contribution in [-0.2, 0) is 12.0 Å². The van der Waals surface area contributed by atoms with Crippen LogP contribution < -0.4 is 10.2 Å². The van der Waals surface area contributed by atoms with E-state index in [1.54, 1.807) is 6.21 Å². The molecule has 0 aliphatic rings. The Morgan fingerprint density at radius 1 is 1.06 bits per heavy atom. The fourth-order valence-corrected chi connectivity index (χ4v) is 5.23. The molecule has 1 amide bonds. The zero-order valence-corrected chi connectivity index (χ0v) is 23.0. The third-order valence-corrected chi connectivity index (χ3v) is 6.71. The Balaban J connectivity index is 1.63. The van der Waals surface area contributed by atoms with E-state index in [0.29, 0.717) is 17.2 Å². The van der Waals surface area contributed by atoms with Crippen LogP contribution in [0.25, 0.3) is 0 Å². The molecular formula is C25H23ClI2N2O2. The van der Waals surface area contributed by atoms with E-state index >= 15 is 0 Å². The lowest BCUT2D eigenvalue weighted by molar-refractivity contribution is 0.0955. The number of nitrogens with zero attached hydrogens (tertiary/aromatic N) is 1. The second-order valence-electron chi connectivity index (χ2n) is 8.22. The van der Waals surface area contributed by atoms with Crippen LogP contribution >= 0.6 is 56.8 Å². The monoisotopic (exact) mass is 672 g/mol. The average molecular weight is 673 g/mol. The van der Waals surface area contributed by atoms with Gasteiger partial charge in [-0.1, -0.05) is 62.7 Å². The van der Waals surface area contributed by atoms with Gasteiger partial charge in [0.2, 0.25) is 0 Å². The van der Waals surface area contributed by atoms with Gasteiger partial charge in [0, 0.05) is 16.1 Å². The van der Waals surface area contributed by atoms with E-state index in [2.05, 4.69) is 76.5 Å². The number of hydrogen-bond acceptors (Lipinski definition) is 3. The van der Waals surface area contributed by atoms with Crippen LogP contribution in [-0.4, -0.2) is 12.1 Å². The van der Waals surface area contributed by atoms with Gasteiger partial charge in [0.25, 0.3) is 5.91 Å². The number of ether oxygens (including phenoxy) is 1. The maximum atomic E-state index is 12.4. The maximum absolute atomic E-state index is 12.4. The molecule has 3 rings (SSSR count). The van der Waals surface area contributed by atoms with Crippen molar-refractivity contribution in [1.82, 2.24) is 5.43 Å². The topological polar surface area (TPSA) is 50.7 Å². The largest absolute Gasteiger partial charge is 0.487 e. The van der Waals surface area contributed by atoms with Crippen molar-refractivity contribution in [3.05, 3.63) is 95.1 Å². The molecule has 3 aromatic rings. The lowest BCUT2D eigenvalue weighted by Crippen LogP contribution is -2.18. The van der Waals surface area contributed by atoms with Crippen molar-refractivity contribution in [3.63, 3.8) is 0 Å². The lowest BCUT2D eigenvalue weighted by Gasteiger charge is -2.18. The van der Waals surface area contributed by atoms with E-state index < -0.39 is 0 Å². The predicted octanol–water partition coefficient (Wildman–Crippen LogP) is 7.19. The van der Waals surface area contributed by atoms with Gasteiger partial charge in [0.1, 0.15) is 12.4 Å². The van der Waals surface area contributed by atoms with E-state index in [9.17, 15) is 4.79 Å². The molecule has 0 spiro atoms. The molecule has 0 atom stereocenters. The van der Waals surface area contributed by atoms with Crippen molar-refractivity contribution in [2.45, 2.75) is 32.8 Å². The van der Waals surface area contributed by atoms with Crippen molar-refractivity contribution in [2.75, 3.05) is 0 Å². The van der Waals surface area contributed by atoms with E-state index in [4.69, 9.17) is 16.3 Å². The smallest absolute Gasteiger partial charge is 0.271 e. The number of carbonyl (C=O) groups excluding carboxylic acids is 1. The Bertz CT molecular complexity index is 1120. The lowest BCUT2D eigenvalue weighted by atomic mass is 9.87. The third-order valence-electron chi connectivity index (χ3n) is 4.74. The van der Waals surface area contributed by atoms with Crippen LogP contribution in [0.15, 0.2) is 65.8 Å². The summed E-state index contributed by atoms with van der Waals surface area (Å²) in [5.74, 6) is 0.553. The highest BCUT2D eigenvalue weighted by Gasteiger charge is 2.14. The van der Waals surface area contributed by atoms with Crippen molar-refractivity contribution in [2.24, 2.45) is 5.10 Å². The number of benzene rings is 3. The first-order chi connectivity index (χ1) is 15.1. The summed E-state index contributed by atoms with van der Waals surface area (Å²) in [5, 5.41) is 4.80. The van der Waals surface area contributed by atoms with E-state index in [1.165, 1.54) is 5.56 Å². The SMILES string of the molecule is CC(C)(C)c1ccc(C(=O)N/N=C\c2cc(I)c(OCc3ccccc3Cl)c(I)c2)cc1. The maximum Gasteiger partial charge on any atom is 0.271 e. The molecule has 166 valence electrons. The van der Waals surface area contributed by atoms with Crippen LogP contribution in [0.3, 0.4) is 0 Å². The first-order valence-electron chi connectivity index (χ1n) is 9.94. The predicted molar refractivity (Wildman–Crippen MR) is 148 cm³/mol. The first-order valence-corrected chi connectivity index (χ1v) is 12.5. The highest BCUT2D eigenvalue weighted by Crippen LogP contribution is 2.30. The van der Waals surface area contributed by atoms with Gasteiger partial charge in [0.05, 0.1) is 13.4 Å². The molecule has 7 heteroatoms. The molecule has 0 aliphatic heterocycles. The van der Waals surface area contributed by atoms with Crippen LogP contribution in [0.4, 0.5) is 0 Å². The zero-order valence-electron chi connectivity index (χ0n) is 18.0. The molecule has 0 fully saturated rings. The average Bonchev–Trinajstić information content (AvgIpc) is 2.74. The van der Waals surface area contributed by atoms with Crippen LogP contribution in [0.2, 0.25) is 5.02 Å². The Kier molecular flexibility index (Phi) is 8.57. The van der Waals surface area contributed by atoms with E-state index in [1.807, 2.05) is 60.7 Å². The summed E-state index contributed by atoms with van der Waals surface area (Å²) in [6, 6.07) is 19.1. The summed E-state index contributed by atoms with van der Waals surface area (Å²) in [7, 11) is 0. The third kappa shape index (κ3) is 6.68. The van der Waals surface area contributed by atoms with Gasteiger partial charge >= 0.3 is 0 Å². The van der Waals surface area contributed by atoms with Gasteiger partial charge in [-0.15, -0.1) is 0 Å². The quantitative estimate of drug-likeness (QED) is 0.171. The van der Waals surface area contributed by atoms with Crippen molar-refractivity contribution in [1.29, 1.82) is 0 Å². The Hall–Kier alpha value is -1.65. The molecule has 4 nitrogen and oxygen atoms in total. The highest BCUT2D eigenvalue weighted by molar-refractivity contribution is 14.1. The van der Waals surface area contributed by atoms with Crippen molar-refractivity contribution in [3.8, 4) is 5.75 Å². The summed E-state index contributed by atoms with van der Waals surface area (Å²) in [6.45, 7) is 6.82. The molecule has 0 radical (unpaired) electrons. The van der Waals surface area contributed by atoms with Crippen LogP contribution in [0.1, 0.15) is 47.8 Å². The Morgan fingerprint density at radius 3 is 2.28 bits per heavy atom. The number of carbonyl (C=O) groups is 1. The molecule has 0 bridgehead atoms. The second-order valence-corrected chi connectivity index (χ2v) is 11.0. The minimum absolute atomic E-state index is 0.0463. The summed E-state index contributed by atoms with van der Waals surface area (Å²) in [4.78, 5) is 12.4. The van der Waals surface area contributed by atoms with Gasteiger partial charge in [-0.25, -0.2) is 5.43 Å². The van der Waals surface area contributed by atoms with Crippen molar-refractivity contribution >= 4 is 68.9 Å². The number of amides is 1. The molecule has 32 heavy (non-hydrogen) atoms. The number of halogens is 3.